The highest BCUT2D eigenvalue weighted by Gasteiger charge is 2.11. The van der Waals surface area contributed by atoms with E-state index < -0.39 is 0 Å². The molecule has 1 aliphatic rings. The SMILES string of the molecule is CCCB1CC=CCC1. The molecule has 1 rings (SSSR count). The van der Waals surface area contributed by atoms with E-state index in [0.29, 0.717) is 0 Å². The van der Waals surface area contributed by atoms with Gasteiger partial charge < -0.3 is 0 Å². The smallest absolute Gasteiger partial charge is 0.0958 e. The predicted molar refractivity (Wildman–Crippen MR) is 44.2 cm³/mol. The first-order valence-corrected chi connectivity index (χ1v) is 4.08. The van der Waals surface area contributed by atoms with Crippen molar-refractivity contribution in [1.29, 1.82) is 0 Å². The Balaban J connectivity index is 2.18. The molecule has 0 N–H and O–H groups in total. The molecule has 1 aliphatic heterocycles. The van der Waals surface area contributed by atoms with Gasteiger partial charge in [0.15, 0.2) is 0 Å². The van der Waals surface area contributed by atoms with Crippen molar-refractivity contribution in [2.24, 2.45) is 0 Å². The lowest BCUT2D eigenvalue weighted by Crippen LogP contribution is -2.11. The minimum atomic E-state index is 1.01. The average Bonchev–Trinajstić information content (AvgIpc) is 1.91. The van der Waals surface area contributed by atoms with Gasteiger partial charge in [-0.15, -0.1) is 0 Å². The second kappa shape index (κ2) is 3.76. The van der Waals surface area contributed by atoms with Gasteiger partial charge in [0, 0.05) is 0 Å². The molecule has 0 bridgehead atoms. The average molecular weight is 122 g/mol. The largest absolute Gasteiger partial charge is 0.144 e. The van der Waals surface area contributed by atoms with E-state index in [1.54, 1.807) is 0 Å². The van der Waals surface area contributed by atoms with Crippen molar-refractivity contribution in [2.75, 3.05) is 0 Å². The van der Waals surface area contributed by atoms with E-state index in [9.17, 15) is 0 Å². The number of allylic oxidation sites excluding steroid dienone is 2. The Morgan fingerprint density at radius 1 is 1.44 bits per heavy atom. The van der Waals surface area contributed by atoms with Gasteiger partial charge in [-0.2, -0.15) is 0 Å². The quantitative estimate of drug-likeness (QED) is 0.390. The Hall–Kier alpha value is -0.195. The van der Waals surface area contributed by atoms with E-state index in [0.717, 1.165) is 6.71 Å². The summed E-state index contributed by atoms with van der Waals surface area (Å²) in [5, 5.41) is 0. The first-order chi connectivity index (χ1) is 4.43. The fraction of sp³-hybridized carbons (Fsp3) is 0.750. The molecule has 0 unspecified atom stereocenters. The zero-order valence-corrected chi connectivity index (χ0v) is 6.27. The summed E-state index contributed by atoms with van der Waals surface area (Å²) in [6, 6.07) is 0. The van der Waals surface area contributed by atoms with Crippen molar-refractivity contribution in [1.82, 2.24) is 0 Å². The minimum Gasteiger partial charge on any atom is -0.0958 e. The Bertz CT molecular complexity index is 96.7. The highest BCUT2D eigenvalue weighted by Crippen LogP contribution is 2.16. The van der Waals surface area contributed by atoms with E-state index in [1.165, 1.54) is 31.8 Å². The van der Waals surface area contributed by atoms with Crippen molar-refractivity contribution in [3.63, 3.8) is 0 Å². The predicted octanol–water partition coefficient (Wildman–Crippen LogP) is 2.85. The molecule has 9 heavy (non-hydrogen) atoms. The van der Waals surface area contributed by atoms with Crippen LogP contribution >= 0.6 is 0 Å². The zero-order valence-electron chi connectivity index (χ0n) is 6.27. The Morgan fingerprint density at radius 2 is 2.33 bits per heavy atom. The van der Waals surface area contributed by atoms with Crippen LogP contribution in [0.25, 0.3) is 0 Å². The monoisotopic (exact) mass is 122 g/mol. The molecule has 0 aromatic heterocycles. The fourth-order valence-electron chi connectivity index (χ4n) is 1.53. The molecule has 0 aliphatic carbocycles. The molecule has 1 heteroatoms. The maximum atomic E-state index is 2.34. The van der Waals surface area contributed by atoms with E-state index in [1.807, 2.05) is 0 Å². The summed E-state index contributed by atoms with van der Waals surface area (Å²) in [7, 11) is 0. The molecule has 1 heterocycles. The van der Waals surface area contributed by atoms with Gasteiger partial charge in [0.1, 0.15) is 6.71 Å². The molecular formula is C8H15B. The molecule has 50 valence electrons. The molecule has 0 amide bonds. The first-order valence-electron chi connectivity index (χ1n) is 4.08. The maximum Gasteiger partial charge on any atom is 0.144 e. The lowest BCUT2D eigenvalue weighted by Gasteiger charge is -2.11. The summed E-state index contributed by atoms with van der Waals surface area (Å²) < 4.78 is 0. The second-order valence-electron chi connectivity index (χ2n) is 2.94. The Labute approximate surface area is 58.4 Å². The van der Waals surface area contributed by atoms with Gasteiger partial charge in [0.25, 0.3) is 0 Å². The summed E-state index contributed by atoms with van der Waals surface area (Å²) in [5.41, 5.74) is 0. The number of hydrogen-bond acceptors (Lipinski definition) is 0. The van der Waals surface area contributed by atoms with Crippen LogP contribution in [-0.4, -0.2) is 6.71 Å². The minimum absolute atomic E-state index is 1.01. The van der Waals surface area contributed by atoms with Crippen LogP contribution in [0, 0.1) is 0 Å². The highest BCUT2D eigenvalue weighted by atomic mass is 13.9. The van der Waals surface area contributed by atoms with Gasteiger partial charge >= 0.3 is 0 Å². The number of hydrogen-bond donors (Lipinski definition) is 0. The molecule has 0 spiro atoms. The lowest BCUT2D eigenvalue weighted by atomic mass is 9.40. The summed E-state index contributed by atoms with van der Waals surface area (Å²) >= 11 is 0. The molecule has 0 fully saturated rings. The van der Waals surface area contributed by atoms with E-state index in [-0.39, 0.29) is 0 Å². The third-order valence-corrected chi connectivity index (χ3v) is 2.07. The zero-order chi connectivity index (χ0) is 6.53. The van der Waals surface area contributed by atoms with Crippen LogP contribution in [-0.2, 0) is 0 Å². The normalized spacial score (nSPS) is 18.6. The van der Waals surface area contributed by atoms with Gasteiger partial charge in [-0.3, -0.25) is 0 Å². The van der Waals surface area contributed by atoms with Gasteiger partial charge in [-0.05, 0) is 6.42 Å². The molecule has 0 aromatic carbocycles. The van der Waals surface area contributed by atoms with Crippen LogP contribution in [0.1, 0.15) is 19.8 Å². The Morgan fingerprint density at radius 3 is 2.89 bits per heavy atom. The number of rotatable bonds is 2. The van der Waals surface area contributed by atoms with Crippen molar-refractivity contribution in [3.8, 4) is 0 Å². The van der Waals surface area contributed by atoms with Crippen LogP contribution in [0.15, 0.2) is 12.2 Å². The van der Waals surface area contributed by atoms with Crippen molar-refractivity contribution in [2.45, 2.75) is 38.7 Å². The summed E-state index contributed by atoms with van der Waals surface area (Å²) in [4.78, 5) is 0. The Kier molecular flexibility index (Phi) is 2.89. The van der Waals surface area contributed by atoms with Crippen LogP contribution in [0.4, 0.5) is 0 Å². The summed E-state index contributed by atoms with van der Waals surface area (Å²) in [6.45, 7) is 3.29. The summed E-state index contributed by atoms with van der Waals surface area (Å²) in [5.74, 6) is 0. The fourth-order valence-corrected chi connectivity index (χ4v) is 1.53. The molecule has 0 saturated carbocycles. The van der Waals surface area contributed by atoms with Crippen LogP contribution in [0.2, 0.25) is 19.0 Å². The van der Waals surface area contributed by atoms with Crippen LogP contribution in [0.5, 0.6) is 0 Å². The first kappa shape index (κ1) is 6.92. The third-order valence-electron chi connectivity index (χ3n) is 2.07. The highest BCUT2D eigenvalue weighted by molar-refractivity contribution is 6.59. The standard InChI is InChI=1S/C8H15B/c1-2-6-9-7-4-3-5-8-9/h3-4H,2,5-8H2,1H3. The van der Waals surface area contributed by atoms with E-state index in [2.05, 4.69) is 19.1 Å². The molecular weight excluding hydrogens is 107 g/mol. The molecule has 0 aromatic rings. The summed E-state index contributed by atoms with van der Waals surface area (Å²) in [6.07, 6.45) is 11.5. The van der Waals surface area contributed by atoms with Gasteiger partial charge in [0.05, 0.1) is 0 Å². The van der Waals surface area contributed by atoms with Crippen molar-refractivity contribution >= 4 is 6.71 Å². The molecule has 0 atom stereocenters. The molecule has 0 saturated heterocycles. The van der Waals surface area contributed by atoms with Crippen molar-refractivity contribution < 1.29 is 0 Å². The van der Waals surface area contributed by atoms with Gasteiger partial charge in [-0.1, -0.05) is 44.5 Å². The lowest BCUT2D eigenvalue weighted by molar-refractivity contribution is 1.02. The maximum absolute atomic E-state index is 2.34. The second-order valence-corrected chi connectivity index (χ2v) is 2.94. The van der Waals surface area contributed by atoms with Gasteiger partial charge in [-0.25, -0.2) is 0 Å². The van der Waals surface area contributed by atoms with Crippen LogP contribution in [0.3, 0.4) is 0 Å². The van der Waals surface area contributed by atoms with E-state index in [4.69, 9.17) is 0 Å². The van der Waals surface area contributed by atoms with Gasteiger partial charge in [0.2, 0.25) is 0 Å². The topological polar surface area (TPSA) is 0 Å². The van der Waals surface area contributed by atoms with E-state index >= 15 is 0 Å². The third kappa shape index (κ3) is 2.25. The molecule has 0 radical (unpaired) electrons. The van der Waals surface area contributed by atoms with Crippen molar-refractivity contribution in [3.05, 3.63) is 12.2 Å². The van der Waals surface area contributed by atoms with Crippen LogP contribution < -0.4 is 0 Å². The molecule has 0 nitrogen and oxygen atoms in total.